The number of nitrogens with zero attached hydrogens (tertiary/aromatic N) is 2. The summed E-state index contributed by atoms with van der Waals surface area (Å²) in [6.45, 7) is 12.0. The van der Waals surface area contributed by atoms with Gasteiger partial charge in [-0.05, 0) is 37.0 Å². The second-order valence-corrected chi connectivity index (χ2v) is 7.29. The van der Waals surface area contributed by atoms with Crippen molar-refractivity contribution < 1.29 is 9.53 Å². The Kier molecular flexibility index (Phi) is 7.72. The van der Waals surface area contributed by atoms with E-state index in [1.54, 1.807) is 7.11 Å². The quantitative estimate of drug-likeness (QED) is 0.781. The molecule has 0 bridgehead atoms. The smallest absolute Gasteiger partial charge is 0.237 e. The first-order chi connectivity index (χ1) is 12.0. The number of ether oxygens (including phenoxy) is 1. The van der Waals surface area contributed by atoms with Crippen LogP contribution in [0.1, 0.15) is 26.3 Å². The maximum Gasteiger partial charge on any atom is 0.237 e. The average molecular weight is 348 g/mol. The summed E-state index contributed by atoms with van der Waals surface area (Å²) < 4.78 is 5.20. The van der Waals surface area contributed by atoms with Gasteiger partial charge >= 0.3 is 0 Å². The van der Waals surface area contributed by atoms with Gasteiger partial charge in [0.05, 0.1) is 13.2 Å². The minimum atomic E-state index is -0.0394. The summed E-state index contributed by atoms with van der Waals surface area (Å²) >= 11 is 0. The fourth-order valence-corrected chi connectivity index (χ4v) is 3.07. The molecule has 25 heavy (non-hydrogen) atoms. The first kappa shape index (κ1) is 19.7. The van der Waals surface area contributed by atoms with Crippen molar-refractivity contribution >= 4 is 5.91 Å². The molecule has 1 aliphatic heterocycles. The molecule has 2 rings (SSSR count). The second-order valence-electron chi connectivity index (χ2n) is 7.29. The summed E-state index contributed by atoms with van der Waals surface area (Å²) in [6, 6.07) is 8.27. The Balaban J connectivity index is 1.70. The zero-order chi connectivity index (χ0) is 18.2. The first-order valence-corrected chi connectivity index (χ1v) is 9.36. The lowest BCUT2D eigenvalue weighted by Crippen LogP contribution is -2.54. The van der Waals surface area contributed by atoms with Gasteiger partial charge in [-0.2, -0.15) is 0 Å². The molecule has 0 aromatic heterocycles. The van der Waals surface area contributed by atoms with Gasteiger partial charge in [0.1, 0.15) is 5.75 Å². The number of hydrogen-bond donors (Lipinski definition) is 1. The van der Waals surface area contributed by atoms with Crippen LogP contribution in [-0.4, -0.2) is 68.1 Å². The van der Waals surface area contributed by atoms with Gasteiger partial charge in [0.15, 0.2) is 0 Å². The van der Waals surface area contributed by atoms with E-state index in [0.29, 0.717) is 5.92 Å². The lowest BCUT2D eigenvalue weighted by atomic mass is 10.1. The van der Waals surface area contributed by atoms with Crippen LogP contribution in [0, 0.1) is 5.92 Å². The minimum Gasteiger partial charge on any atom is -0.497 e. The first-order valence-electron chi connectivity index (χ1n) is 9.36. The number of hydrogen-bond acceptors (Lipinski definition) is 4. The van der Waals surface area contributed by atoms with Crippen molar-refractivity contribution in [3.63, 3.8) is 0 Å². The predicted octanol–water partition coefficient (Wildman–Crippen LogP) is 2.02. The summed E-state index contributed by atoms with van der Waals surface area (Å²) in [5.74, 6) is 1.55. The molecule has 0 unspecified atom stereocenters. The summed E-state index contributed by atoms with van der Waals surface area (Å²) in [5.41, 5.74) is 1.34. The molecule has 1 atom stereocenters. The van der Waals surface area contributed by atoms with E-state index in [-0.39, 0.29) is 11.9 Å². The Labute approximate surface area is 152 Å². The molecule has 0 saturated carbocycles. The molecule has 1 heterocycles. The van der Waals surface area contributed by atoms with E-state index >= 15 is 0 Å². The summed E-state index contributed by atoms with van der Waals surface area (Å²) in [6.07, 6.45) is 1.05. The zero-order valence-electron chi connectivity index (χ0n) is 16.1. The molecule has 1 saturated heterocycles. The molecule has 1 N–H and O–H groups in total. The molecule has 1 aromatic rings. The molecule has 0 aliphatic carbocycles. The van der Waals surface area contributed by atoms with Gasteiger partial charge in [-0.15, -0.1) is 0 Å². The van der Waals surface area contributed by atoms with E-state index in [1.165, 1.54) is 5.56 Å². The van der Waals surface area contributed by atoms with Crippen LogP contribution in [0.5, 0.6) is 5.75 Å². The van der Waals surface area contributed by atoms with Crippen molar-refractivity contribution in [1.29, 1.82) is 0 Å². The standard InChI is InChI=1S/C20H33N3O2/c1-16(2)15-21-20(24)17(3)23-13-11-22(12-14-23)10-9-18-5-7-19(25-4)8-6-18/h5-8,16-17H,9-15H2,1-4H3,(H,21,24)/t17-/m0/s1. The van der Waals surface area contributed by atoms with E-state index in [2.05, 4.69) is 41.1 Å². The fraction of sp³-hybridized carbons (Fsp3) is 0.650. The summed E-state index contributed by atoms with van der Waals surface area (Å²) in [4.78, 5) is 17.0. The average Bonchev–Trinajstić information content (AvgIpc) is 2.64. The Hall–Kier alpha value is -1.59. The molecule has 1 fully saturated rings. The molecule has 0 spiro atoms. The van der Waals surface area contributed by atoms with Gasteiger partial charge in [0.2, 0.25) is 5.91 Å². The Morgan fingerprint density at radius 2 is 1.76 bits per heavy atom. The lowest BCUT2D eigenvalue weighted by molar-refractivity contribution is -0.126. The topological polar surface area (TPSA) is 44.8 Å². The molecule has 1 aromatic carbocycles. The molecular formula is C20H33N3O2. The number of rotatable bonds is 8. The van der Waals surface area contributed by atoms with Gasteiger partial charge in [0, 0.05) is 39.3 Å². The largest absolute Gasteiger partial charge is 0.497 e. The van der Waals surface area contributed by atoms with Crippen molar-refractivity contribution in [3.8, 4) is 5.75 Å². The van der Waals surface area contributed by atoms with Gasteiger partial charge < -0.3 is 15.0 Å². The third kappa shape index (κ3) is 6.33. The normalized spacial score (nSPS) is 17.5. The summed E-state index contributed by atoms with van der Waals surface area (Å²) in [7, 11) is 1.69. The Morgan fingerprint density at radius 1 is 1.12 bits per heavy atom. The fourth-order valence-electron chi connectivity index (χ4n) is 3.07. The molecule has 1 amide bonds. The Morgan fingerprint density at radius 3 is 2.32 bits per heavy atom. The van der Waals surface area contributed by atoms with Gasteiger partial charge in [0.25, 0.3) is 0 Å². The number of carbonyl (C=O) groups is 1. The van der Waals surface area contributed by atoms with Crippen LogP contribution in [0.15, 0.2) is 24.3 Å². The van der Waals surface area contributed by atoms with Crippen molar-refractivity contribution in [2.45, 2.75) is 33.2 Å². The van der Waals surface area contributed by atoms with Crippen LogP contribution in [0.3, 0.4) is 0 Å². The van der Waals surface area contributed by atoms with E-state index in [0.717, 1.165) is 51.4 Å². The van der Waals surface area contributed by atoms with Gasteiger partial charge in [-0.1, -0.05) is 26.0 Å². The highest BCUT2D eigenvalue weighted by Crippen LogP contribution is 2.13. The maximum atomic E-state index is 12.2. The Bertz CT molecular complexity index is 522. The highest BCUT2D eigenvalue weighted by molar-refractivity contribution is 5.81. The van der Waals surface area contributed by atoms with E-state index in [9.17, 15) is 4.79 Å². The third-order valence-electron chi connectivity index (χ3n) is 4.89. The van der Waals surface area contributed by atoms with Crippen LogP contribution < -0.4 is 10.1 Å². The van der Waals surface area contributed by atoms with Crippen LogP contribution in [-0.2, 0) is 11.2 Å². The molecule has 1 aliphatic rings. The predicted molar refractivity (Wildman–Crippen MR) is 102 cm³/mol. The van der Waals surface area contributed by atoms with Crippen LogP contribution in [0.4, 0.5) is 0 Å². The van der Waals surface area contributed by atoms with Gasteiger partial charge in [-0.25, -0.2) is 0 Å². The van der Waals surface area contributed by atoms with Crippen molar-refractivity contribution in [1.82, 2.24) is 15.1 Å². The van der Waals surface area contributed by atoms with E-state index in [1.807, 2.05) is 19.1 Å². The van der Waals surface area contributed by atoms with E-state index < -0.39 is 0 Å². The molecular weight excluding hydrogens is 314 g/mol. The zero-order valence-corrected chi connectivity index (χ0v) is 16.1. The van der Waals surface area contributed by atoms with Crippen molar-refractivity contribution in [2.75, 3.05) is 46.4 Å². The van der Waals surface area contributed by atoms with Crippen LogP contribution in [0.2, 0.25) is 0 Å². The van der Waals surface area contributed by atoms with Crippen molar-refractivity contribution in [2.24, 2.45) is 5.92 Å². The number of nitrogens with one attached hydrogen (secondary N) is 1. The number of piperazine rings is 1. The van der Waals surface area contributed by atoms with Crippen LogP contribution in [0.25, 0.3) is 0 Å². The lowest BCUT2D eigenvalue weighted by Gasteiger charge is -2.37. The number of carbonyl (C=O) groups excluding carboxylic acids is 1. The van der Waals surface area contributed by atoms with E-state index in [4.69, 9.17) is 4.74 Å². The summed E-state index contributed by atoms with van der Waals surface area (Å²) in [5, 5.41) is 3.04. The van der Waals surface area contributed by atoms with Gasteiger partial charge in [-0.3, -0.25) is 9.69 Å². The minimum absolute atomic E-state index is 0.0394. The third-order valence-corrected chi connectivity index (χ3v) is 4.89. The highest BCUT2D eigenvalue weighted by Gasteiger charge is 2.25. The number of methoxy groups -OCH3 is 1. The molecule has 5 nitrogen and oxygen atoms in total. The second kappa shape index (κ2) is 9.78. The highest BCUT2D eigenvalue weighted by atomic mass is 16.5. The molecule has 5 heteroatoms. The number of benzene rings is 1. The molecule has 140 valence electrons. The maximum absolute atomic E-state index is 12.2. The van der Waals surface area contributed by atoms with Crippen molar-refractivity contribution in [3.05, 3.63) is 29.8 Å². The van der Waals surface area contributed by atoms with Crippen LogP contribution >= 0.6 is 0 Å². The number of amides is 1. The SMILES string of the molecule is COc1ccc(CCN2CCN([C@@H](C)C(=O)NCC(C)C)CC2)cc1. The monoisotopic (exact) mass is 347 g/mol. The molecule has 0 radical (unpaired) electrons.